The monoisotopic (exact) mass is 413 g/mol. The molecule has 6 nitrogen and oxygen atoms in total. The van der Waals surface area contributed by atoms with Crippen molar-refractivity contribution in [1.29, 1.82) is 0 Å². The normalized spacial score (nSPS) is 16.6. The van der Waals surface area contributed by atoms with Crippen LogP contribution in [0.15, 0.2) is 54.1 Å². The molecule has 1 aliphatic rings. The fraction of sp³-hybridized carbons (Fsp3) is 0.364. The largest absolute Gasteiger partial charge is 0.493 e. The number of nitrogens with one attached hydrogen (secondary N) is 1. The van der Waals surface area contributed by atoms with Gasteiger partial charge >= 0.3 is 5.97 Å². The van der Waals surface area contributed by atoms with Crippen LogP contribution >= 0.6 is 11.8 Å². The SMILES string of the molecule is CNc1cccc(CCOc2ccc(CC(CC(=O)O)C3SC=CN3C)cc2)n1. The van der Waals surface area contributed by atoms with Crippen LogP contribution in [0.2, 0.25) is 0 Å². The van der Waals surface area contributed by atoms with Crippen LogP contribution in [-0.2, 0) is 17.6 Å². The van der Waals surface area contributed by atoms with Crippen molar-refractivity contribution in [2.24, 2.45) is 5.92 Å². The van der Waals surface area contributed by atoms with Gasteiger partial charge in [0, 0.05) is 38.3 Å². The van der Waals surface area contributed by atoms with Gasteiger partial charge in [0.15, 0.2) is 0 Å². The summed E-state index contributed by atoms with van der Waals surface area (Å²) in [4.78, 5) is 17.9. The summed E-state index contributed by atoms with van der Waals surface area (Å²) >= 11 is 1.68. The number of nitrogens with zero attached hydrogens (tertiary/aromatic N) is 2. The Kier molecular flexibility index (Phi) is 7.41. The van der Waals surface area contributed by atoms with Crippen LogP contribution in [0.4, 0.5) is 5.82 Å². The molecule has 2 unspecified atom stereocenters. The first kappa shape index (κ1) is 21.0. The Balaban J connectivity index is 1.53. The number of aliphatic carboxylic acids is 1. The zero-order valence-corrected chi connectivity index (χ0v) is 17.6. The fourth-order valence-electron chi connectivity index (χ4n) is 3.39. The third kappa shape index (κ3) is 6.15. The quantitative estimate of drug-likeness (QED) is 0.613. The van der Waals surface area contributed by atoms with Gasteiger partial charge < -0.3 is 20.1 Å². The maximum atomic E-state index is 11.3. The van der Waals surface area contributed by atoms with Crippen LogP contribution in [0.1, 0.15) is 17.7 Å². The van der Waals surface area contributed by atoms with Gasteiger partial charge in [0.2, 0.25) is 0 Å². The van der Waals surface area contributed by atoms with Crippen molar-refractivity contribution >= 4 is 23.5 Å². The van der Waals surface area contributed by atoms with E-state index >= 15 is 0 Å². The van der Waals surface area contributed by atoms with E-state index in [2.05, 4.69) is 15.2 Å². The van der Waals surface area contributed by atoms with Crippen molar-refractivity contribution in [3.8, 4) is 5.75 Å². The minimum Gasteiger partial charge on any atom is -0.493 e. The number of rotatable bonds is 10. The molecule has 0 saturated carbocycles. The summed E-state index contributed by atoms with van der Waals surface area (Å²) in [5.41, 5.74) is 2.10. The van der Waals surface area contributed by atoms with Gasteiger partial charge in [-0.1, -0.05) is 18.2 Å². The molecule has 0 fully saturated rings. The summed E-state index contributed by atoms with van der Waals surface area (Å²) in [6, 6.07) is 13.9. The summed E-state index contributed by atoms with van der Waals surface area (Å²) in [5.74, 6) is 0.938. The molecule has 1 aromatic heterocycles. The average Bonchev–Trinajstić information content (AvgIpc) is 3.14. The molecular weight excluding hydrogens is 386 g/mol. The van der Waals surface area contributed by atoms with E-state index in [9.17, 15) is 9.90 Å². The third-order valence-electron chi connectivity index (χ3n) is 4.87. The lowest BCUT2D eigenvalue weighted by Crippen LogP contribution is -2.31. The van der Waals surface area contributed by atoms with E-state index in [1.807, 2.05) is 68.2 Å². The second kappa shape index (κ2) is 10.2. The van der Waals surface area contributed by atoms with Crippen LogP contribution in [0.5, 0.6) is 5.75 Å². The Morgan fingerprint density at radius 1 is 1.31 bits per heavy atom. The first-order valence-electron chi connectivity index (χ1n) is 9.66. The van der Waals surface area contributed by atoms with Crippen molar-refractivity contribution in [1.82, 2.24) is 9.88 Å². The number of hydrogen-bond donors (Lipinski definition) is 2. The second-order valence-electron chi connectivity index (χ2n) is 7.05. The van der Waals surface area contributed by atoms with E-state index in [-0.39, 0.29) is 17.7 Å². The van der Waals surface area contributed by atoms with Crippen LogP contribution in [0.25, 0.3) is 0 Å². The number of anilines is 1. The molecule has 0 amide bonds. The van der Waals surface area contributed by atoms with Crippen molar-refractivity contribution in [3.63, 3.8) is 0 Å². The third-order valence-corrected chi connectivity index (χ3v) is 6.14. The van der Waals surface area contributed by atoms with Crippen LogP contribution in [0.3, 0.4) is 0 Å². The highest BCUT2D eigenvalue weighted by Crippen LogP contribution is 2.33. The van der Waals surface area contributed by atoms with E-state index in [0.717, 1.165) is 35.7 Å². The summed E-state index contributed by atoms with van der Waals surface area (Å²) in [7, 11) is 3.85. The summed E-state index contributed by atoms with van der Waals surface area (Å²) < 4.78 is 5.85. The molecule has 0 saturated heterocycles. The molecule has 0 radical (unpaired) electrons. The van der Waals surface area contributed by atoms with E-state index < -0.39 is 5.97 Å². The maximum Gasteiger partial charge on any atom is 0.303 e. The highest BCUT2D eigenvalue weighted by Gasteiger charge is 2.29. The van der Waals surface area contributed by atoms with E-state index in [4.69, 9.17) is 4.74 Å². The zero-order chi connectivity index (χ0) is 20.6. The highest BCUT2D eigenvalue weighted by atomic mass is 32.2. The molecule has 29 heavy (non-hydrogen) atoms. The molecule has 154 valence electrons. The van der Waals surface area contributed by atoms with Gasteiger partial charge in [-0.05, 0) is 41.7 Å². The molecule has 2 heterocycles. The molecule has 3 rings (SSSR count). The molecule has 0 aliphatic carbocycles. The van der Waals surface area contributed by atoms with Gasteiger partial charge in [-0.2, -0.15) is 0 Å². The van der Waals surface area contributed by atoms with Gasteiger partial charge in [0.05, 0.1) is 18.4 Å². The Bertz CT molecular complexity index is 841. The van der Waals surface area contributed by atoms with Crippen molar-refractivity contribution in [3.05, 3.63) is 65.3 Å². The average molecular weight is 414 g/mol. The Morgan fingerprint density at radius 2 is 2.10 bits per heavy atom. The van der Waals surface area contributed by atoms with Gasteiger partial charge in [-0.25, -0.2) is 4.98 Å². The number of aromatic nitrogens is 1. The standard InChI is InChI=1S/C22H27N3O3S/c1-23-20-5-3-4-18(24-20)10-12-28-19-8-6-16(7-9-19)14-17(15-21(26)27)22-25(2)11-13-29-22/h3-9,11,13,17,22H,10,12,14-15H2,1-2H3,(H,23,24)(H,26,27). The lowest BCUT2D eigenvalue weighted by atomic mass is 9.95. The van der Waals surface area contributed by atoms with Crippen LogP contribution < -0.4 is 10.1 Å². The maximum absolute atomic E-state index is 11.3. The minimum atomic E-state index is -0.758. The predicted octanol–water partition coefficient (Wildman–Crippen LogP) is 3.85. The molecule has 2 aromatic rings. The molecule has 2 N–H and O–H groups in total. The first-order valence-corrected chi connectivity index (χ1v) is 10.6. The Morgan fingerprint density at radius 3 is 2.76 bits per heavy atom. The molecule has 1 aliphatic heterocycles. The number of hydrogen-bond acceptors (Lipinski definition) is 6. The number of benzene rings is 1. The van der Waals surface area contributed by atoms with Crippen molar-refractivity contribution < 1.29 is 14.6 Å². The summed E-state index contributed by atoms with van der Waals surface area (Å²) in [6.07, 6.45) is 3.61. The Hall–Kier alpha value is -2.67. The summed E-state index contributed by atoms with van der Waals surface area (Å²) in [6.45, 7) is 0.552. The number of carbonyl (C=O) groups is 1. The predicted molar refractivity (Wildman–Crippen MR) is 117 cm³/mol. The summed E-state index contributed by atoms with van der Waals surface area (Å²) in [5, 5.41) is 14.5. The number of ether oxygens (including phenoxy) is 1. The molecule has 0 bridgehead atoms. The molecule has 1 aromatic carbocycles. The number of pyridine rings is 1. The number of carboxylic acid groups (broad SMARTS) is 1. The number of thioether (sulfide) groups is 1. The van der Waals surface area contributed by atoms with E-state index in [1.54, 1.807) is 11.8 Å². The first-order chi connectivity index (χ1) is 14.0. The van der Waals surface area contributed by atoms with Gasteiger partial charge in [-0.3, -0.25) is 4.79 Å². The van der Waals surface area contributed by atoms with E-state index in [0.29, 0.717) is 6.61 Å². The molecule has 2 atom stereocenters. The van der Waals surface area contributed by atoms with Crippen LogP contribution in [-0.4, -0.2) is 47.0 Å². The van der Waals surface area contributed by atoms with E-state index in [1.165, 1.54) is 0 Å². The lowest BCUT2D eigenvalue weighted by Gasteiger charge is -2.28. The minimum absolute atomic E-state index is 0.0368. The Labute approximate surface area is 176 Å². The zero-order valence-electron chi connectivity index (χ0n) is 16.7. The fourth-order valence-corrected chi connectivity index (χ4v) is 4.49. The topological polar surface area (TPSA) is 74.7 Å². The van der Waals surface area contributed by atoms with Gasteiger partial charge in [0.1, 0.15) is 11.6 Å². The number of carboxylic acids is 1. The highest BCUT2D eigenvalue weighted by molar-refractivity contribution is 8.02. The second-order valence-corrected chi connectivity index (χ2v) is 8.07. The molecular formula is C22H27N3O3S. The van der Waals surface area contributed by atoms with Crippen LogP contribution in [0, 0.1) is 5.92 Å². The van der Waals surface area contributed by atoms with Gasteiger partial charge in [-0.15, -0.1) is 11.8 Å². The molecule has 7 heteroatoms. The van der Waals surface area contributed by atoms with Crippen molar-refractivity contribution in [2.75, 3.05) is 26.0 Å². The van der Waals surface area contributed by atoms with Gasteiger partial charge in [0.25, 0.3) is 0 Å². The smallest absolute Gasteiger partial charge is 0.303 e. The van der Waals surface area contributed by atoms with Crippen molar-refractivity contribution in [2.45, 2.75) is 24.6 Å². The lowest BCUT2D eigenvalue weighted by molar-refractivity contribution is -0.138. The molecule has 0 spiro atoms.